The van der Waals surface area contributed by atoms with Gasteiger partial charge in [-0.15, -0.1) is 0 Å². The molecular formula is C15H16O6. The number of hydrogen-bond acceptors (Lipinski definition) is 6. The Balaban J connectivity index is 2.12. The third-order valence-electron chi connectivity index (χ3n) is 4.24. The molecule has 0 bridgehead atoms. The van der Waals surface area contributed by atoms with Gasteiger partial charge in [-0.2, -0.15) is 0 Å². The maximum absolute atomic E-state index is 12.2. The van der Waals surface area contributed by atoms with Gasteiger partial charge in [-0.3, -0.25) is 9.59 Å². The molecule has 6 heteroatoms. The van der Waals surface area contributed by atoms with Gasteiger partial charge in [0.05, 0.1) is 27.8 Å². The Hall–Kier alpha value is -2.24. The minimum atomic E-state index is -0.967. The number of methoxy groups -OCH3 is 3. The van der Waals surface area contributed by atoms with Gasteiger partial charge in [-0.1, -0.05) is 0 Å². The summed E-state index contributed by atoms with van der Waals surface area (Å²) in [6, 6.07) is 3.59. The van der Waals surface area contributed by atoms with Gasteiger partial charge in [-0.05, 0) is 24.1 Å². The zero-order valence-corrected chi connectivity index (χ0v) is 12.1. The molecule has 1 fully saturated rings. The number of ether oxygens (including phenoxy) is 4. The van der Waals surface area contributed by atoms with Crippen LogP contribution in [0.4, 0.5) is 0 Å². The van der Waals surface area contributed by atoms with Gasteiger partial charge in [0.25, 0.3) is 0 Å². The van der Waals surface area contributed by atoms with Gasteiger partial charge < -0.3 is 18.9 Å². The highest BCUT2D eigenvalue weighted by Gasteiger charge is 2.60. The molecule has 3 rings (SSSR count). The van der Waals surface area contributed by atoms with Crippen molar-refractivity contribution in [3.63, 3.8) is 0 Å². The lowest BCUT2D eigenvalue weighted by molar-refractivity contribution is -0.155. The molecule has 1 aromatic rings. The molecule has 1 saturated heterocycles. The summed E-state index contributed by atoms with van der Waals surface area (Å²) in [6.45, 7) is 0. The summed E-state index contributed by atoms with van der Waals surface area (Å²) < 4.78 is 20.8. The Bertz CT molecular complexity index is 623. The first-order chi connectivity index (χ1) is 10.1. The fraction of sp³-hybridized carbons (Fsp3) is 0.467. The first-order valence-electron chi connectivity index (χ1n) is 6.58. The Labute approximate surface area is 121 Å². The molecule has 112 valence electrons. The van der Waals surface area contributed by atoms with Crippen LogP contribution >= 0.6 is 0 Å². The molecule has 0 unspecified atom stereocenters. The largest absolute Gasteiger partial charge is 0.493 e. The Kier molecular flexibility index (Phi) is 3.04. The number of hydrogen-bond donors (Lipinski definition) is 0. The number of carbonyl (C=O) groups is 2. The van der Waals surface area contributed by atoms with Gasteiger partial charge in [0.15, 0.2) is 11.5 Å². The molecule has 21 heavy (non-hydrogen) atoms. The van der Waals surface area contributed by atoms with Crippen molar-refractivity contribution in [2.24, 2.45) is 5.41 Å². The van der Waals surface area contributed by atoms with Crippen LogP contribution < -0.4 is 9.47 Å². The molecule has 0 saturated carbocycles. The summed E-state index contributed by atoms with van der Waals surface area (Å²) in [5, 5.41) is 0. The van der Waals surface area contributed by atoms with Gasteiger partial charge in [0.2, 0.25) is 0 Å². The van der Waals surface area contributed by atoms with E-state index in [1.807, 2.05) is 6.07 Å². The Morgan fingerprint density at radius 1 is 1.19 bits per heavy atom. The molecule has 0 radical (unpaired) electrons. The molecule has 0 aromatic heterocycles. The van der Waals surface area contributed by atoms with Crippen molar-refractivity contribution in [2.75, 3.05) is 21.3 Å². The van der Waals surface area contributed by atoms with Crippen LogP contribution in [0, 0.1) is 5.41 Å². The molecule has 0 N–H and O–H groups in total. The molecule has 1 aliphatic heterocycles. The topological polar surface area (TPSA) is 71.1 Å². The summed E-state index contributed by atoms with van der Waals surface area (Å²) >= 11 is 0. The van der Waals surface area contributed by atoms with E-state index in [4.69, 9.17) is 18.9 Å². The summed E-state index contributed by atoms with van der Waals surface area (Å²) in [6.07, 6.45) is -0.192. The van der Waals surface area contributed by atoms with Crippen LogP contribution in [0.25, 0.3) is 0 Å². The summed E-state index contributed by atoms with van der Waals surface area (Å²) in [5.74, 6) is 0.320. The zero-order chi connectivity index (χ0) is 15.2. The number of esters is 2. The minimum absolute atomic E-state index is 0.0314. The van der Waals surface area contributed by atoms with E-state index in [0.717, 1.165) is 11.1 Å². The molecule has 6 nitrogen and oxygen atoms in total. The lowest BCUT2D eigenvalue weighted by Gasteiger charge is -2.22. The minimum Gasteiger partial charge on any atom is -0.493 e. The Morgan fingerprint density at radius 2 is 1.86 bits per heavy atom. The molecule has 0 amide bonds. The van der Waals surface area contributed by atoms with Gasteiger partial charge >= 0.3 is 11.9 Å². The van der Waals surface area contributed by atoms with E-state index < -0.39 is 17.5 Å². The van der Waals surface area contributed by atoms with E-state index >= 15 is 0 Å². The maximum Gasteiger partial charge on any atom is 0.316 e. The van der Waals surface area contributed by atoms with Crippen molar-refractivity contribution < 1.29 is 28.5 Å². The quantitative estimate of drug-likeness (QED) is 0.784. The lowest BCUT2D eigenvalue weighted by atomic mass is 9.81. The first-order valence-corrected chi connectivity index (χ1v) is 6.58. The Morgan fingerprint density at radius 3 is 2.48 bits per heavy atom. The van der Waals surface area contributed by atoms with Crippen LogP contribution in [0.15, 0.2) is 12.1 Å². The van der Waals surface area contributed by atoms with Crippen LogP contribution in [0.1, 0.15) is 23.7 Å². The predicted molar refractivity (Wildman–Crippen MR) is 71.1 cm³/mol. The number of fused-ring (bicyclic) bond motifs is 3. The predicted octanol–water partition coefficient (Wildman–Crippen LogP) is 1.41. The molecule has 1 heterocycles. The van der Waals surface area contributed by atoms with Crippen LogP contribution in [0.3, 0.4) is 0 Å². The average molecular weight is 292 g/mol. The highest BCUT2D eigenvalue weighted by molar-refractivity contribution is 5.89. The highest BCUT2D eigenvalue weighted by Crippen LogP contribution is 2.56. The van der Waals surface area contributed by atoms with Gasteiger partial charge in [0, 0.05) is 5.56 Å². The molecule has 1 aromatic carbocycles. The SMILES string of the molecule is COC(=O)[C@@]12CC(=O)O[C@@H]1c1cc(OC)c(OC)cc1C2. The molecule has 2 aliphatic rings. The van der Waals surface area contributed by atoms with Crippen molar-refractivity contribution >= 4 is 11.9 Å². The molecular weight excluding hydrogens is 276 g/mol. The fourth-order valence-corrected chi connectivity index (χ4v) is 3.28. The number of rotatable bonds is 3. The third-order valence-corrected chi connectivity index (χ3v) is 4.24. The fourth-order valence-electron chi connectivity index (χ4n) is 3.28. The second-order valence-electron chi connectivity index (χ2n) is 5.28. The van der Waals surface area contributed by atoms with E-state index in [9.17, 15) is 9.59 Å². The zero-order valence-electron chi connectivity index (χ0n) is 12.1. The highest BCUT2D eigenvalue weighted by atomic mass is 16.6. The van der Waals surface area contributed by atoms with Crippen LogP contribution in [-0.4, -0.2) is 33.3 Å². The monoisotopic (exact) mass is 292 g/mol. The van der Waals surface area contributed by atoms with Crippen LogP contribution in [-0.2, 0) is 25.5 Å². The van der Waals surface area contributed by atoms with Crippen LogP contribution in [0.2, 0.25) is 0 Å². The third kappa shape index (κ3) is 1.78. The molecule has 2 atom stereocenters. The smallest absolute Gasteiger partial charge is 0.316 e. The van der Waals surface area contributed by atoms with Crippen LogP contribution in [0.5, 0.6) is 11.5 Å². The lowest BCUT2D eigenvalue weighted by Crippen LogP contribution is -2.33. The second kappa shape index (κ2) is 4.65. The molecule has 0 spiro atoms. The maximum atomic E-state index is 12.2. The van der Waals surface area contributed by atoms with Gasteiger partial charge in [0.1, 0.15) is 11.5 Å². The van der Waals surface area contributed by atoms with Crippen molar-refractivity contribution in [3.05, 3.63) is 23.3 Å². The van der Waals surface area contributed by atoms with E-state index in [1.54, 1.807) is 13.2 Å². The normalized spacial score (nSPS) is 25.9. The van der Waals surface area contributed by atoms with Crippen molar-refractivity contribution in [3.8, 4) is 11.5 Å². The standard InChI is InChI=1S/C15H16O6/c1-18-10-4-8-6-15(14(17)20-3)7-12(16)21-13(15)9(8)5-11(10)19-2/h4-5,13H,6-7H2,1-3H3/t13-,15+/m1/s1. The number of benzene rings is 1. The summed E-state index contributed by atoms with van der Waals surface area (Å²) in [4.78, 5) is 23.9. The van der Waals surface area contributed by atoms with E-state index in [-0.39, 0.29) is 12.4 Å². The average Bonchev–Trinajstić information content (AvgIpc) is 2.96. The van der Waals surface area contributed by atoms with E-state index in [2.05, 4.69) is 0 Å². The van der Waals surface area contributed by atoms with Crippen molar-refractivity contribution in [1.29, 1.82) is 0 Å². The first kappa shape index (κ1) is 13.7. The van der Waals surface area contributed by atoms with E-state index in [0.29, 0.717) is 17.9 Å². The second-order valence-corrected chi connectivity index (χ2v) is 5.28. The number of carbonyl (C=O) groups excluding carboxylic acids is 2. The summed E-state index contributed by atoms with van der Waals surface area (Å²) in [7, 11) is 4.41. The van der Waals surface area contributed by atoms with Crippen molar-refractivity contribution in [2.45, 2.75) is 18.9 Å². The van der Waals surface area contributed by atoms with E-state index in [1.165, 1.54) is 14.2 Å². The van der Waals surface area contributed by atoms with Gasteiger partial charge in [-0.25, -0.2) is 0 Å². The summed E-state index contributed by atoms with van der Waals surface area (Å²) in [5.41, 5.74) is 0.727. The van der Waals surface area contributed by atoms with Crippen molar-refractivity contribution in [1.82, 2.24) is 0 Å². The molecule has 1 aliphatic carbocycles.